The van der Waals surface area contributed by atoms with Crippen LogP contribution in [0.25, 0.3) is 0 Å². The third kappa shape index (κ3) is 4.59. The molecule has 1 saturated carbocycles. The summed E-state index contributed by atoms with van der Waals surface area (Å²) in [4.78, 5) is 18.4. The van der Waals surface area contributed by atoms with E-state index in [-0.39, 0.29) is 22.7 Å². The highest BCUT2D eigenvalue weighted by molar-refractivity contribution is 7.90. The Hall–Kier alpha value is -2.67. The molecule has 7 heteroatoms. The zero-order chi connectivity index (χ0) is 20.1. The summed E-state index contributed by atoms with van der Waals surface area (Å²) < 4.78 is 27.5. The normalized spacial score (nSPS) is 13.9. The van der Waals surface area contributed by atoms with Crippen LogP contribution in [0.3, 0.4) is 0 Å². The first-order valence-electron chi connectivity index (χ1n) is 9.28. The molecule has 0 spiro atoms. The van der Waals surface area contributed by atoms with Crippen molar-refractivity contribution in [3.05, 3.63) is 73.1 Å². The van der Waals surface area contributed by atoms with Gasteiger partial charge in [0.15, 0.2) is 0 Å². The van der Waals surface area contributed by atoms with Crippen LogP contribution in [-0.2, 0) is 33.5 Å². The van der Waals surface area contributed by atoms with Gasteiger partial charge in [-0.2, -0.15) is 0 Å². The topological polar surface area (TPSA) is 72.3 Å². The van der Waals surface area contributed by atoms with Crippen molar-refractivity contribution < 1.29 is 13.2 Å². The first kappa shape index (κ1) is 20.1. The van der Waals surface area contributed by atoms with Crippen molar-refractivity contribution in [1.82, 2.24) is 14.5 Å². The van der Waals surface area contributed by atoms with Gasteiger partial charge in [0.1, 0.15) is 0 Å². The van der Waals surface area contributed by atoms with E-state index < -0.39 is 9.84 Å². The molecule has 3 rings (SSSR count). The van der Waals surface area contributed by atoms with Crippen molar-refractivity contribution in [3.8, 4) is 0 Å². The van der Waals surface area contributed by atoms with Crippen LogP contribution in [-0.4, -0.2) is 35.3 Å². The summed E-state index contributed by atoms with van der Waals surface area (Å²) in [6.07, 6.45) is 6.68. The quantitative estimate of drug-likeness (QED) is 0.576. The molecule has 0 unspecified atom stereocenters. The van der Waals surface area contributed by atoms with E-state index in [1.807, 2.05) is 18.2 Å². The monoisotopic (exact) mass is 399 g/mol. The van der Waals surface area contributed by atoms with E-state index in [1.165, 1.54) is 6.20 Å². The van der Waals surface area contributed by atoms with Crippen LogP contribution in [0.1, 0.15) is 24.1 Å². The smallest absolute Gasteiger partial charge is 0.228 e. The van der Waals surface area contributed by atoms with Crippen LogP contribution in [0.4, 0.5) is 0 Å². The summed E-state index contributed by atoms with van der Waals surface area (Å²) >= 11 is 0. The summed E-state index contributed by atoms with van der Waals surface area (Å²) in [5, 5.41) is 0.00340. The number of nitrogens with zero attached hydrogens (tertiary/aromatic N) is 3. The van der Waals surface area contributed by atoms with Gasteiger partial charge in [-0.1, -0.05) is 42.5 Å². The lowest BCUT2D eigenvalue weighted by Crippen LogP contribution is -2.32. The van der Waals surface area contributed by atoms with Gasteiger partial charge in [0.2, 0.25) is 20.9 Å². The van der Waals surface area contributed by atoms with E-state index >= 15 is 0 Å². The Balaban J connectivity index is 1.89. The number of hydrogen-bond acceptors (Lipinski definition) is 4. The average Bonchev–Trinajstić information content (AvgIpc) is 3.44. The first-order chi connectivity index (χ1) is 13.5. The van der Waals surface area contributed by atoms with Crippen molar-refractivity contribution in [2.24, 2.45) is 5.92 Å². The Kier molecular flexibility index (Phi) is 6.14. The SMILES string of the molecule is C=CCN(Cc1cnc(S(=O)(=O)Cc2ccccc2)n1CC=C)C(=O)C1CC1. The Bertz CT molecular complexity index is 960. The van der Waals surface area contributed by atoms with Crippen LogP contribution in [0.2, 0.25) is 0 Å². The molecule has 0 saturated heterocycles. The van der Waals surface area contributed by atoms with Crippen LogP contribution >= 0.6 is 0 Å². The van der Waals surface area contributed by atoms with Gasteiger partial charge < -0.3 is 9.47 Å². The maximum absolute atomic E-state index is 13.0. The number of carbonyl (C=O) groups is 1. The predicted octanol–water partition coefficient (Wildman–Crippen LogP) is 2.97. The molecule has 1 aromatic carbocycles. The van der Waals surface area contributed by atoms with E-state index in [1.54, 1.807) is 33.8 Å². The lowest BCUT2D eigenvalue weighted by molar-refractivity contribution is -0.132. The summed E-state index contributed by atoms with van der Waals surface area (Å²) in [6, 6.07) is 9.02. The van der Waals surface area contributed by atoms with Crippen LogP contribution in [0, 0.1) is 5.92 Å². The maximum Gasteiger partial charge on any atom is 0.228 e. The summed E-state index contributed by atoms with van der Waals surface area (Å²) in [5.74, 6) is 0.0377. The summed E-state index contributed by atoms with van der Waals surface area (Å²) in [6.45, 7) is 8.47. The van der Waals surface area contributed by atoms with Crippen LogP contribution in [0.5, 0.6) is 0 Å². The zero-order valence-electron chi connectivity index (χ0n) is 15.8. The number of allylic oxidation sites excluding steroid dienone is 1. The lowest BCUT2D eigenvalue weighted by atomic mass is 10.2. The van der Waals surface area contributed by atoms with Gasteiger partial charge >= 0.3 is 0 Å². The highest BCUT2D eigenvalue weighted by Gasteiger charge is 2.33. The molecule has 1 fully saturated rings. The molecule has 0 aliphatic heterocycles. The van der Waals surface area contributed by atoms with Crippen molar-refractivity contribution >= 4 is 15.7 Å². The van der Waals surface area contributed by atoms with Gasteiger partial charge in [0.25, 0.3) is 0 Å². The Labute approximate surface area is 166 Å². The minimum Gasteiger partial charge on any atom is -0.333 e. The first-order valence-corrected chi connectivity index (χ1v) is 10.9. The summed E-state index contributed by atoms with van der Waals surface area (Å²) in [7, 11) is -3.64. The van der Waals surface area contributed by atoms with Gasteiger partial charge in [-0.25, -0.2) is 13.4 Å². The minimum atomic E-state index is -3.64. The number of amides is 1. The van der Waals surface area contributed by atoms with E-state index in [9.17, 15) is 13.2 Å². The van der Waals surface area contributed by atoms with E-state index in [0.29, 0.717) is 30.9 Å². The van der Waals surface area contributed by atoms with Gasteiger partial charge in [-0.05, 0) is 18.4 Å². The predicted molar refractivity (Wildman–Crippen MR) is 108 cm³/mol. The number of carbonyl (C=O) groups excluding carboxylic acids is 1. The largest absolute Gasteiger partial charge is 0.333 e. The van der Waals surface area contributed by atoms with Gasteiger partial charge in [-0.3, -0.25) is 4.79 Å². The molecule has 0 bridgehead atoms. The number of rotatable bonds is 10. The molecule has 1 amide bonds. The van der Waals surface area contributed by atoms with Crippen LogP contribution < -0.4 is 0 Å². The highest BCUT2D eigenvalue weighted by atomic mass is 32.2. The molecule has 148 valence electrons. The number of benzene rings is 1. The number of imidazole rings is 1. The molecular formula is C21H25N3O3S. The third-order valence-corrected chi connectivity index (χ3v) is 6.23. The molecule has 6 nitrogen and oxygen atoms in total. The van der Waals surface area contributed by atoms with Gasteiger partial charge in [-0.15, -0.1) is 13.2 Å². The van der Waals surface area contributed by atoms with Crippen molar-refractivity contribution in [3.63, 3.8) is 0 Å². The number of hydrogen-bond donors (Lipinski definition) is 0. The standard InChI is InChI=1S/C21H25N3O3S/c1-3-12-23(20(25)18-10-11-18)15-19-14-22-21(24(19)13-4-2)28(26,27)16-17-8-6-5-7-9-17/h3-9,14,18H,1-2,10-13,15-16H2. The Morgan fingerprint density at radius 2 is 1.93 bits per heavy atom. The highest BCUT2D eigenvalue weighted by Crippen LogP contribution is 2.31. The molecule has 0 N–H and O–H groups in total. The average molecular weight is 400 g/mol. The van der Waals surface area contributed by atoms with E-state index in [0.717, 1.165) is 12.8 Å². The van der Waals surface area contributed by atoms with Gasteiger partial charge in [0.05, 0.1) is 24.2 Å². The van der Waals surface area contributed by atoms with E-state index in [2.05, 4.69) is 18.1 Å². The lowest BCUT2D eigenvalue weighted by Gasteiger charge is -2.22. The van der Waals surface area contributed by atoms with Crippen molar-refractivity contribution in [2.75, 3.05) is 6.54 Å². The molecule has 0 radical (unpaired) electrons. The molecule has 28 heavy (non-hydrogen) atoms. The van der Waals surface area contributed by atoms with Crippen LogP contribution in [0.15, 0.2) is 67.0 Å². The van der Waals surface area contributed by atoms with E-state index in [4.69, 9.17) is 0 Å². The van der Waals surface area contributed by atoms with Crippen molar-refractivity contribution in [2.45, 2.75) is 36.8 Å². The molecule has 0 atom stereocenters. The molecule has 1 aromatic heterocycles. The van der Waals surface area contributed by atoms with Crippen molar-refractivity contribution in [1.29, 1.82) is 0 Å². The second kappa shape index (κ2) is 8.56. The maximum atomic E-state index is 13.0. The fraction of sp³-hybridized carbons (Fsp3) is 0.333. The minimum absolute atomic E-state index is 0.00340. The molecule has 1 aliphatic rings. The number of aromatic nitrogens is 2. The zero-order valence-corrected chi connectivity index (χ0v) is 16.6. The molecule has 1 heterocycles. The second-order valence-corrected chi connectivity index (χ2v) is 8.84. The third-order valence-electron chi connectivity index (χ3n) is 4.63. The number of sulfone groups is 1. The second-order valence-electron chi connectivity index (χ2n) is 6.96. The molecular weight excluding hydrogens is 374 g/mol. The fourth-order valence-electron chi connectivity index (χ4n) is 3.12. The molecule has 2 aromatic rings. The Morgan fingerprint density at radius 1 is 1.21 bits per heavy atom. The van der Waals surface area contributed by atoms with Gasteiger partial charge in [0, 0.05) is 19.0 Å². The summed E-state index contributed by atoms with van der Waals surface area (Å²) in [5.41, 5.74) is 1.37. The molecule has 1 aliphatic carbocycles. The Morgan fingerprint density at radius 3 is 2.54 bits per heavy atom. The fourth-order valence-corrected chi connectivity index (χ4v) is 4.62.